The van der Waals surface area contributed by atoms with Gasteiger partial charge >= 0.3 is 0 Å². The average Bonchev–Trinajstić information content (AvgIpc) is 2.28. The van der Waals surface area contributed by atoms with Crippen LogP contribution < -0.4 is 0 Å². The molecule has 1 N–H and O–H groups in total. The monoisotopic (exact) mass is 228 g/mol. The van der Waals surface area contributed by atoms with Gasteiger partial charge in [-0.15, -0.1) is 0 Å². The number of hydrogen-bond acceptors (Lipinski definition) is 2. The van der Waals surface area contributed by atoms with E-state index in [9.17, 15) is 5.11 Å². The second-order valence-electron chi connectivity index (χ2n) is 4.43. The highest BCUT2D eigenvalue weighted by Crippen LogP contribution is 2.19. The Bertz CT molecular complexity index is 166. The van der Waals surface area contributed by atoms with Crippen LogP contribution in [0.3, 0.4) is 0 Å². The molecule has 2 heteroatoms. The molecule has 0 unspecified atom stereocenters. The molecule has 0 aromatic heterocycles. The molecule has 16 heavy (non-hydrogen) atoms. The highest BCUT2D eigenvalue weighted by atomic mass is 16.5. The van der Waals surface area contributed by atoms with Gasteiger partial charge in [-0.2, -0.15) is 0 Å². The molecule has 0 aliphatic carbocycles. The predicted molar refractivity (Wildman–Crippen MR) is 69.3 cm³/mol. The Labute approximate surface area is 101 Å². The Morgan fingerprint density at radius 2 is 1.81 bits per heavy atom. The van der Waals surface area contributed by atoms with Crippen LogP contribution >= 0.6 is 0 Å². The number of unbranched alkanes of at least 4 members (excludes halogenated alkanes) is 3. The van der Waals surface area contributed by atoms with E-state index in [1.54, 1.807) is 13.4 Å². The smallest absolute Gasteiger partial charge is 0.0788 e. The maximum Gasteiger partial charge on any atom is 0.0788 e. The summed E-state index contributed by atoms with van der Waals surface area (Å²) in [5, 5.41) is 9.99. The zero-order valence-corrected chi connectivity index (χ0v) is 11.1. The zero-order chi connectivity index (χ0) is 12.2. The number of aliphatic hydroxyl groups is 1. The molecule has 0 bridgehead atoms. The van der Waals surface area contributed by atoms with E-state index < -0.39 is 0 Å². The standard InChI is InChI=1S/C14H28O2/c1-4-6-7-8-10-13(11-12-16-3)14(15)9-5-2/h11-15H,4-10H2,1-3H3/b12-11-/t13-,14+/m1/s1. The van der Waals surface area contributed by atoms with E-state index in [0.717, 1.165) is 19.3 Å². The first-order valence-corrected chi connectivity index (χ1v) is 6.63. The van der Waals surface area contributed by atoms with E-state index in [2.05, 4.69) is 13.8 Å². The molecule has 0 aliphatic heterocycles. The Balaban J connectivity index is 3.94. The summed E-state index contributed by atoms with van der Waals surface area (Å²) in [4.78, 5) is 0. The predicted octanol–water partition coefficient (Wildman–Crippen LogP) is 3.89. The summed E-state index contributed by atoms with van der Waals surface area (Å²) in [7, 11) is 1.65. The number of methoxy groups -OCH3 is 1. The molecular formula is C14H28O2. The summed E-state index contributed by atoms with van der Waals surface area (Å²) in [5.41, 5.74) is 0. The number of hydrogen-bond donors (Lipinski definition) is 1. The molecule has 0 spiro atoms. The molecule has 0 saturated carbocycles. The zero-order valence-electron chi connectivity index (χ0n) is 11.1. The molecule has 0 rings (SSSR count). The molecule has 0 aromatic carbocycles. The molecular weight excluding hydrogens is 200 g/mol. The summed E-state index contributed by atoms with van der Waals surface area (Å²) >= 11 is 0. The Morgan fingerprint density at radius 1 is 1.06 bits per heavy atom. The fraction of sp³-hybridized carbons (Fsp3) is 0.857. The van der Waals surface area contributed by atoms with Crippen LogP contribution in [0.15, 0.2) is 12.3 Å². The van der Waals surface area contributed by atoms with Crippen molar-refractivity contribution in [3.8, 4) is 0 Å². The third-order valence-corrected chi connectivity index (χ3v) is 2.93. The van der Waals surface area contributed by atoms with Crippen molar-refractivity contribution in [1.82, 2.24) is 0 Å². The van der Waals surface area contributed by atoms with Crippen molar-refractivity contribution in [3.63, 3.8) is 0 Å². The maximum atomic E-state index is 9.99. The lowest BCUT2D eigenvalue weighted by atomic mass is 9.92. The second kappa shape index (κ2) is 11.0. The van der Waals surface area contributed by atoms with E-state index in [0.29, 0.717) is 0 Å². The van der Waals surface area contributed by atoms with Crippen LogP contribution in [-0.2, 0) is 4.74 Å². The van der Waals surface area contributed by atoms with Gasteiger partial charge < -0.3 is 9.84 Å². The normalized spacial score (nSPS) is 15.2. The van der Waals surface area contributed by atoms with Crippen LogP contribution in [0.5, 0.6) is 0 Å². The van der Waals surface area contributed by atoms with Crippen molar-refractivity contribution in [2.24, 2.45) is 5.92 Å². The summed E-state index contributed by atoms with van der Waals surface area (Å²) in [6.45, 7) is 4.33. The second-order valence-corrected chi connectivity index (χ2v) is 4.43. The number of aliphatic hydroxyl groups excluding tert-OH is 1. The van der Waals surface area contributed by atoms with Crippen LogP contribution in [-0.4, -0.2) is 18.3 Å². The van der Waals surface area contributed by atoms with Gasteiger partial charge in [0, 0.05) is 5.92 Å². The lowest BCUT2D eigenvalue weighted by Gasteiger charge is -2.19. The first-order valence-electron chi connectivity index (χ1n) is 6.63. The van der Waals surface area contributed by atoms with Crippen molar-refractivity contribution < 1.29 is 9.84 Å². The Kier molecular flexibility index (Phi) is 10.7. The van der Waals surface area contributed by atoms with E-state index >= 15 is 0 Å². The van der Waals surface area contributed by atoms with Crippen molar-refractivity contribution in [2.45, 2.75) is 64.9 Å². The van der Waals surface area contributed by atoms with Gasteiger partial charge in [0.2, 0.25) is 0 Å². The van der Waals surface area contributed by atoms with Crippen LogP contribution in [0.25, 0.3) is 0 Å². The number of rotatable bonds is 10. The van der Waals surface area contributed by atoms with Gasteiger partial charge in [0.1, 0.15) is 0 Å². The molecule has 0 heterocycles. The molecule has 2 nitrogen and oxygen atoms in total. The van der Waals surface area contributed by atoms with Crippen molar-refractivity contribution in [2.75, 3.05) is 7.11 Å². The van der Waals surface area contributed by atoms with Gasteiger partial charge in [-0.3, -0.25) is 0 Å². The lowest BCUT2D eigenvalue weighted by molar-refractivity contribution is 0.112. The van der Waals surface area contributed by atoms with Gasteiger partial charge in [-0.25, -0.2) is 0 Å². The average molecular weight is 228 g/mol. The van der Waals surface area contributed by atoms with E-state index in [1.165, 1.54) is 25.7 Å². The molecule has 0 fully saturated rings. The van der Waals surface area contributed by atoms with E-state index in [1.807, 2.05) is 6.08 Å². The van der Waals surface area contributed by atoms with Gasteiger partial charge in [-0.05, 0) is 18.9 Å². The van der Waals surface area contributed by atoms with Crippen molar-refractivity contribution >= 4 is 0 Å². The van der Waals surface area contributed by atoms with E-state index in [-0.39, 0.29) is 12.0 Å². The summed E-state index contributed by atoms with van der Waals surface area (Å²) in [6, 6.07) is 0. The highest BCUT2D eigenvalue weighted by molar-refractivity contribution is 4.87. The van der Waals surface area contributed by atoms with Crippen molar-refractivity contribution in [1.29, 1.82) is 0 Å². The topological polar surface area (TPSA) is 29.5 Å². The van der Waals surface area contributed by atoms with Crippen molar-refractivity contribution in [3.05, 3.63) is 12.3 Å². The van der Waals surface area contributed by atoms with Gasteiger partial charge in [0.25, 0.3) is 0 Å². The summed E-state index contributed by atoms with van der Waals surface area (Å²) < 4.78 is 4.94. The minimum Gasteiger partial charge on any atom is -0.505 e. The van der Waals surface area contributed by atoms with Crippen LogP contribution in [0, 0.1) is 5.92 Å². The van der Waals surface area contributed by atoms with Gasteiger partial charge in [0.15, 0.2) is 0 Å². The van der Waals surface area contributed by atoms with E-state index in [4.69, 9.17) is 4.74 Å². The minimum atomic E-state index is -0.210. The fourth-order valence-corrected chi connectivity index (χ4v) is 1.91. The fourth-order valence-electron chi connectivity index (χ4n) is 1.91. The maximum absolute atomic E-state index is 9.99. The molecule has 0 aliphatic rings. The first-order chi connectivity index (χ1) is 7.76. The van der Waals surface area contributed by atoms with Crippen LogP contribution in [0.2, 0.25) is 0 Å². The molecule has 96 valence electrons. The van der Waals surface area contributed by atoms with Crippen LogP contribution in [0.4, 0.5) is 0 Å². The Hall–Kier alpha value is -0.500. The van der Waals surface area contributed by atoms with Gasteiger partial charge in [-0.1, -0.05) is 46.0 Å². The molecule has 2 atom stereocenters. The highest BCUT2D eigenvalue weighted by Gasteiger charge is 2.15. The SMILES string of the molecule is CCCCCC[C@H](/C=C\OC)[C@@H](O)CCC. The molecule has 0 aromatic rings. The van der Waals surface area contributed by atoms with Gasteiger partial charge in [0.05, 0.1) is 19.5 Å². The summed E-state index contributed by atoms with van der Waals surface area (Å²) in [6.07, 6.45) is 11.5. The lowest BCUT2D eigenvalue weighted by Crippen LogP contribution is -2.18. The quantitative estimate of drug-likeness (QED) is 0.454. The largest absolute Gasteiger partial charge is 0.505 e. The summed E-state index contributed by atoms with van der Waals surface area (Å²) in [5.74, 6) is 0.261. The molecule has 0 amide bonds. The first kappa shape index (κ1) is 15.5. The third kappa shape index (κ3) is 7.75. The Morgan fingerprint density at radius 3 is 2.38 bits per heavy atom. The number of ether oxygens (including phenoxy) is 1. The van der Waals surface area contributed by atoms with Crippen LogP contribution in [0.1, 0.15) is 58.8 Å². The molecule has 0 radical (unpaired) electrons. The minimum absolute atomic E-state index is 0.210. The third-order valence-electron chi connectivity index (χ3n) is 2.93. The molecule has 0 saturated heterocycles.